The molecule has 0 aliphatic rings. The lowest BCUT2D eigenvalue weighted by Gasteiger charge is -2.24. The molecule has 2 rings (SSSR count). The van der Waals surface area contributed by atoms with Gasteiger partial charge in [0.25, 0.3) is 0 Å². The Balaban J connectivity index is 1.87. The Morgan fingerprint density at radius 3 is 2.71 bits per heavy atom. The zero-order valence-electron chi connectivity index (χ0n) is 12.5. The summed E-state index contributed by atoms with van der Waals surface area (Å²) in [5.74, 6) is 0. The molecule has 2 amide bonds. The molecule has 5 heteroatoms. The third kappa shape index (κ3) is 4.86. The molecule has 0 fully saturated rings. The molecule has 0 saturated carbocycles. The molecule has 0 spiro atoms. The van der Waals surface area contributed by atoms with Gasteiger partial charge in [0.1, 0.15) is 0 Å². The standard InChI is InChI=1S/C16H21N3OS/c1-3-19(11-14-4-7-17-8-5-14)16(20)18-13(2)10-15-6-9-21-12-15/h4-9,12-13H,3,10-11H2,1-2H3,(H,18,20). The Morgan fingerprint density at radius 2 is 2.10 bits per heavy atom. The third-order valence-corrected chi connectivity index (χ3v) is 4.02. The van der Waals surface area contributed by atoms with E-state index in [1.165, 1.54) is 5.56 Å². The topological polar surface area (TPSA) is 45.2 Å². The summed E-state index contributed by atoms with van der Waals surface area (Å²) in [6, 6.07) is 6.08. The first-order chi connectivity index (χ1) is 10.2. The predicted molar refractivity (Wildman–Crippen MR) is 86.3 cm³/mol. The summed E-state index contributed by atoms with van der Waals surface area (Å²) >= 11 is 1.68. The van der Waals surface area contributed by atoms with Crippen molar-refractivity contribution < 1.29 is 4.79 Å². The molecule has 0 aliphatic carbocycles. The molecular formula is C16H21N3OS. The number of hydrogen-bond donors (Lipinski definition) is 1. The lowest BCUT2D eigenvalue weighted by molar-refractivity contribution is 0.194. The van der Waals surface area contributed by atoms with E-state index in [2.05, 4.69) is 27.1 Å². The fourth-order valence-corrected chi connectivity index (χ4v) is 2.83. The van der Waals surface area contributed by atoms with E-state index in [4.69, 9.17) is 0 Å². The van der Waals surface area contributed by atoms with Gasteiger partial charge in [0.15, 0.2) is 0 Å². The second kappa shape index (κ2) is 7.78. The van der Waals surface area contributed by atoms with Crippen LogP contribution in [0.15, 0.2) is 41.4 Å². The van der Waals surface area contributed by atoms with Gasteiger partial charge in [0, 0.05) is 31.5 Å². The molecule has 0 radical (unpaired) electrons. The summed E-state index contributed by atoms with van der Waals surface area (Å²) in [7, 11) is 0. The van der Waals surface area contributed by atoms with Gasteiger partial charge in [-0.1, -0.05) is 0 Å². The second-order valence-corrected chi connectivity index (χ2v) is 5.84. The Kier molecular flexibility index (Phi) is 5.75. The van der Waals surface area contributed by atoms with Crippen molar-refractivity contribution in [3.8, 4) is 0 Å². The van der Waals surface area contributed by atoms with Gasteiger partial charge in [-0.25, -0.2) is 4.79 Å². The highest BCUT2D eigenvalue weighted by molar-refractivity contribution is 7.07. The van der Waals surface area contributed by atoms with Crippen molar-refractivity contribution >= 4 is 17.4 Å². The highest BCUT2D eigenvalue weighted by Crippen LogP contribution is 2.09. The van der Waals surface area contributed by atoms with Crippen LogP contribution in [0.2, 0.25) is 0 Å². The number of pyridine rings is 1. The lowest BCUT2D eigenvalue weighted by Crippen LogP contribution is -2.44. The van der Waals surface area contributed by atoms with Crippen LogP contribution in [0.5, 0.6) is 0 Å². The Morgan fingerprint density at radius 1 is 1.33 bits per heavy atom. The molecule has 2 heterocycles. The number of carbonyl (C=O) groups is 1. The molecule has 2 aromatic rings. The van der Waals surface area contributed by atoms with Crippen LogP contribution in [0, 0.1) is 0 Å². The molecular weight excluding hydrogens is 282 g/mol. The number of rotatable bonds is 6. The van der Waals surface area contributed by atoms with Crippen molar-refractivity contribution in [2.24, 2.45) is 0 Å². The molecule has 4 nitrogen and oxygen atoms in total. The largest absolute Gasteiger partial charge is 0.335 e. The highest BCUT2D eigenvalue weighted by atomic mass is 32.1. The Labute approximate surface area is 129 Å². The number of carbonyl (C=O) groups excluding carboxylic acids is 1. The minimum atomic E-state index is -0.0166. The lowest BCUT2D eigenvalue weighted by atomic mass is 10.1. The maximum absolute atomic E-state index is 12.3. The smallest absolute Gasteiger partial charge is 0.317 e. The quantitative estimate of drug-likeness (QED) is 0.890. The summed E-state index contributed by atoms with van der Waals surface area (Å²) in [5, 5.41) is 7.25. The number of aromatic nitrogens is 1. The van der Waals surface area contributed by atoms with Crippen LogP contribution in [0.4, 0.5) is 4.79 Å². The van der Waals surface area contributed by atoms with Gasteiger partial charge < -0.3 is 10.2 Å². The normalized spacial score (nSPS) is 11.9. The van der Waals surface area contributed by atoms with Crippen molar-refractivity contribution in [2.45, 2.75) is 32.9 Å². The van der Waals surface area contributed by atoms with Crippen molar-refractivity contribution in [3.63, 3.8) is 0 Å². The predicted octanol–water partition coefficient (Wildman–Crippen LogP) is 3.31. The van der Waals surface area contributed by atoms with E-state index in [1.54, 1.807) is 28.6 Å². The molecule has 1 N–H and O–H groups in total. The SMILES string of the molecule is CCN(Cc1ccncc1)C(=O)NC(C)Cc1ccsc1. The number of nitrogens with zero attached hydrogens (tertiary/aromatic N) is 2. The first-order valence-electron chi connectivity index (χ1n) is 7.14. The maximum atomic E-state index is 12.3. The van der Waals surface area contributed by atoms with Crippen LogP contribution in [0.3, 0.4) is 0 Å². The van der Waals surface area contributed by atoms with E-state index in [-0.39, 0.29) is 12.1 Å². The zero-order valence-corrected chi connectivity index (χ0v) is 13.3. The van der Waals surface area contributed by atoms with Crippen molar-refractivity contribution in [1.29, 1.82) is 0 Å². The number of amides is 2. The monoisotopic (exact) mass is 303 g/mol. The molecule has 0 aliphatic heterocycles. The van der Waals surface area contributed by atoms with Crippen LogP contribution >= 0.6 is 11.3 Å². The Bertz CT molecular complexity index is 542. The van der Waals surface area contributed by atoms with Crippen molar-refractivity contribution in [3.05, 3.63) is 52.5 Å². The van der Waals surface area contributed by atoms with Crippen LogP contribution in [-0.4, -0.2) is 28.5 Å². The van der Waals surface area contributed by atoms with E-state index < -0.39 is 0 Å². The average molecular weight is 303 g/mol. The van der Waals surface area contributed by atoms with E-state index in [0.717, 1.165) is 12.0 Å². The fraction of sp³-hybridized carbons (Fsp3) is 0.375. The summed E-state index contributed by atoms with van der Waals surface area (Å²) in [5.41, 5.74) is 2.36. The number of thiophene rings is 1. The van der Waals surface area contributed by atoms with Gasteiger partial charge in [0.05, 0.1) is 0 Å². The van der Waals surface area contributed by atoms with Crippen LogP contribution in [-0.2, 0) is 13.0 Å². The van der Waals surface area contributed by atoms with Gasteiger partial charge in [-0.15, -0.1) is 0 Å². The van der Waals surface area contributed by atoms with Gasteiger partial charge in [-0.3, -0.25) is 4.98 Å². The molecule has 0 bridgehead atoms. The first kappa shape index (κ1) is 15.5. The second-order valence-electron chi connectivity index (χ2n) is 5.06. The van der Waals surface area contributed by atoms with Gasteiger partial charge in [-0.2, -0.15) is 11.3 Å². The molecule has 1 unspecified atom stereocenters. The summed E-state index contributed by atoms with van der Waals surface area (Å²) in [6.07, 6.45) is 4.36. The third-order valence-electron chi connectivity index (χ3n) is 3.28. The summed E-state index contributed by atoms with van der Waals surface area (Å²) in [4.78, 5) is 18.1. The maximum Gasteiger partial charge on any atom is 0.317 e. The van der Waals surface area contributed by atoms with E-state index in [9.17, 15) is 4.79 Å². The van der Waals surface area contributed by atoms with Crippen molar-refractivity contribution in [2.75, 3.05) is 6.54 Å². The van der Waals surface area contributed by atoms with Crippen LogP contribution in [0.1, 0.15) is 25.0 Å². The Hall–Kier alpha value is -1.88. The summed E-state index contributed by atoms with van der Waals surface area (Å²) < 4.78 is 0. The molecule has 21 heavy (non-hydrogen) atoms. The van der Waals surface area contributed by atoms with E-state index in [0.29, 0.717) is 13.1 Å². The van der Waals surface area contributed by atoms with Gasteiger partial charge >= 0.3 is 6.03 Å². The molecule has 0 aromatic carbocycles. The van der Waals surface area contributed by atoms with Crippen molar-refractivity contribution in [1.82, 2.24) is 15.2 Å². The fourth-order valence-electron chi connectivity index (χ4n) is 2.15. The van der Waals surface area contributed by atoms with E-state index in [1.807, 2.05) is 26.0 Å². The number of hydrogen-bond acceptors (Lipinski definition) is 3. The molecule has 0 saturated heterocycles. The summed E-state index contributed by atoms with van der Waals surface area (Å²) in [6.45, 7) is 5.31. The van der Waals surface area contributed by atoms with Crippen LogP contribution in [0.25, 0.3) is 0 Å². The van der Waals surface area contributed by atoms with E-state index >= 15 is 0 Å². The zero-order chi connectivity index (χ0) is 15.1. The first-order valence-corrected chi connectivity index (χ1v) is 8.08. The highest BCUT2D eigenvalue weighted by Gasteiger charge is 2.14. The van der Waals surface area contributed by atoms with Gasteiger partial charge in [-0.05, 0) is 60.4 Å². The number of urea groups is 1. The molecule has 2 aromatic heterocycles. The minimum absolute atomic E-state index is 0.0166. The average Bonchev–Trinajstić information content (AvgIpc) is 2.98. The van der Waals surface area contributed by atoms with Crippen LogP contribution < -0.4 is 5.32 Å². The number of nitrogens with one attached hydrogen (secondary N) is 1. The molecule has 1 atom stereocenters. The molecule has 112 valence electrons. The minimum Gasteiger partial charge on any atom is -0.335 e. The van der Waals surface area contributed by atoms with Gasteiger partial charge in [0.2, 0.25) is 0 Å².